The van der Waals surface area contributed by atoms with Crippen molar-refractivity contribution in [1.29, 1.82) is 0 Å². The van der Waals surface area contributed by atoms with Crippen LogP contribution in [0.15, 0.2) is 28.7 Å². The lowest BCUT2D eigenvalue weighted by atomic mass is 10.2. The summed E-state index contributed by atoms with van der Waals surface area (Å²) >= 11 is 3.32. The Labute approximate surface area is 116 Å². The Bertz CT molecular complexity index is 481. The lowest BCUT2D eigenvalue weighted by Crippen LogP contribution is -2.32. The van der Waals surface area contributed by atoms with Crippen LogP contribution in [0.5, 0.6) is 0 Å². The van der Waals surface area contributed by atoms with Gasteiger partial charge in [0.1, 0.15) is 0 Å². The third kappa shape index (κ3) is 4.35. The zero-order valence-electron chi connectivity index (χ0n) is 9.93. The fourth-order valence-electron chi connectivity index (χ4n) is 1.88. The molecule has 1 atom stereocenters. The monoisotopic (exact) mass is 333 g/mol. The molecule has 1 aliphatic rings. The van der Waals surface area contributed by atoms with E-state index in [1.807, 2.05) is 12.1 Å². The number of sulfonamides is 1. The summed E-state index contributed by atoms with van der Waals surface area (Å²) in [7, 11) is -3.28. The van der Waals surface area contributed by atoms with E-state index in [0.29, 0.717) is 6.54 Å². The quantitative estimate of drug-likeness (QED) is 0.897. The lowest BCUT2D eigenvalue weighted by Gasteiger charge is -2.11. The molecule has 100 valence electrons. The SMILES string of the molecule is O=S(=O)(Cc1ccc(Br)cc1)NC[C@@H]1CCCO1. The number of ether oxygens (including phenoxy) is 1. The normalized spacial score (nSPS) is 20.2. The van der Waals surface area contributed by atoms with Gasteiger partial charge in [0.25, 0.3) is 0 Å². The van der Waals surface area contributed by atoms with E-state index in [4.69, 9.17) is 4.74 Å². The van der Waals surface area contributed by atoms with E-state index in [-0.39, 0.29) is 11.9 Å². The molecule has 0 bridgehead atoms. The topological polar surface area (TPSA) is 55.4 Å². The van der Waals surface area contributed by atoms with E-state index in [2.05, 4.69) is 20.7 Å². The van der Waals surface area contributed by atoms with Gasteiger partial charge in [0.15, 0.2) is 0 Å². The summed E-state index contributed by atoms with van der Waals surface area (Å²) in [5.74, 6) is 0.00694. The first kappa shape index (κ1) is 14.0. The molecule has 1 saturated heterocycles. The molecular weight excluding hydrogens is 318 g/mol. The molecule has 6 heteroatoms. The van der Waals surface area contributed by atoms with Crippen LogP contribution in [0.25, 0.3) is 0 Å². The van der Waals surface area contributed by atoms with Crippen molar-refractivity contribution in [2.45, 2.75) is 24.7 Å². The molecule has 0 amide bonds. The minimum atomic E-state index is -3.28. The maximum absolute atomic E-state index is 11.9. The van der Waals surface area contributed by atoms with Gasteiger partial charge in [0.2, 0.25) is 10.0 Å². The second-order valence-electron chi connectivity index (χ2n) is 4.37. The molecule has 1 fully saturated rings. The molecule has 1 aliphatic heterocycles. The third-order valence-electron chi connectivity index (χ3n) is 2.82. The second-order valence-corrected chi connectivity index (χ2v) is 7.09. The van der Waals surface area contributed by atoms with E-state index in [9.17, 15) is 8.42 Å². The van der Waals surface area contributed by atoms with Gasteiger partial charge in [-0.15, -0.1) is 0 Å². The highest BCUT2D eigenvalue weighted by Crippen LogP contribution is 2.14. The standard InChI is InChI=1S/C12H16BrNO3S/c13-11-5-3-10(4-6-11)9-18(15,16)14-8-12-2-1-7-17-12/h3-6,12,14H,1-2,7-9H2/t12-/m0/s1. The van der Waals surface area contributed by atoms with E-state index >= 15 is 0 Å². The van der Waals surface area contributed by atoms with Crippen molar-refractivity contribution in [1.82, 2.24) is 4.72 Å². The minimum absolute atomic E-state index is 0.00694. The van der Waals surface area contributed by atoms with Crippen molar-refractivity contribution < 1.29 is 13.2 Å². The van der Waals surface area contributed by atoms with Gasteiger partial charge < -0.3 is 4.74 Å². The zero-order valence-corrected chi connectivity index (χ0v) is 12.3. The van der Waals surface area contributed by atoms with Crippen molar-refractivity contribution in [2.75, 3.05) is 13.2 Å². The first-order valence-corrected chi connectivity index (χ1v) is 8.33. The van der Waals surface area contributed by atoms with Gasteiger partial charge in [-0.3, -0.25) is 0 Å². The minimum Gasteiger partial charge on any atom is -0.377 e. The fourth-order valence-corrected chi connectivity index (χ4v) is 3.31. The van der Waals surface area contributed by atoms with Gasteiger partial charge in [-0.05, 0) is 30.5 Å². The Hall–Kier alpha value is -0.430. The van der Waals surface area contributed by atoms with Crippen molar-refractivity contribution in [3.63, 3.8) is 0 Å². The molecule has 4 nitrogen and oxygen atoms in total. The summed E-state index contributed by atoms with van der Waals surface area (Å²) in [5.41, 5.74) is 0.776. The highest BCUT2D eigenvalue weighted by Gasteiger charge is 2.19. The van der Waals surface area contributed by atoms with Gasteiger partial charge in [0.05, 0.1) is 11.9 Å². The Morgan fingerprint density at radius 1 is 1.33 bits per heavy atom. The van der Waals surface area contributed by atoms with Crippen LogP contribution >= 0.6 is 15.9 Å². The summed E-state index contributed by atoms with van der Waals surface area (Å²) < 4.78 is 32.6. The number of nitrogens with one attached hydrogen (secondary N) is 1. The second kappa shape index (κ2) is 6.14. The number of hydrogen-bond donors (Lipinski definition) is 1. The van der Waals surface area contributed by atoms with Crippen LogP contribution < -0.4 is 4.72 Å². The van der Waals surface area contributed by atoms with E-state index in [1.54, 1.807) is 12.1 Å². The number of benzene rings is 1. The molecule has 2 rings (SSSR count). The first-order valence-electron chi connectivity index (χ1n) is 5.88. The Morgan fingerprint density at radius 2 is 2.06 bits per heavy atom. The Morgan fingerprint density at radius 3 is 2.67 bits per heavy atom. The highest BCUT2D eigenvalue weighted by molar-refractivity contribution is 9.10. The first-order chi connectivity index (χ1) is 8.55. The van der Waals surface area contributed by atoms with Crippen molar-refractivity contribution in [3.8, 4) is 0 Å². The smallest absolute Gasteiger partial charge is 0.215 e. The van der Waals surface area contributed by atoms with Crippen LogP contribution in [-0.2, 0) is 20.5 Å². The van der Waals surface area contributed by atoms with Crippen LogP contribution in [0.4, 0.5) is 0 Å². The molecule has 1 aromatic carbocycles. The molecule has 0 saturated carbocycles. The predicted octanol–water partition coefficient (Wildman–Crippen LogP) is 2.05. The van der Waals surface area contributed by atoms with Gasteiger partial charge in [0, 0.05) is 17.6 Å². The zero-order chi connectivity index (χ0) is 13.0. The Balaban J connectivity index is 1.88. The summed E-state index contributed by atoms with van der Waals surface area (Å²) in [6.07, 6.45) is 1.98. The maximum atomic E-state index is 11.9. The summed E-state index contributed by atoms with van der Waals surface area (Å²) in [6.45, 7) is 1.11. The number of rotatable bonds is 5. The van der Waals surface area contributed by atoms with E-state index < -0.39 is 10.0 Å². The van der Waals surface area contributed by atoms with E-state index in [0.717, 1.165) is 29.5 Å². The molecule has 0 aliphatic carbocycles. The largest absolute Gasteiger partial charge is 0.377 e. The average Bonchev–Trinajstić information content (AvgIpc) is 2.83. The summed E-state index contributed by atoms with van der Waals surface area (Å²) in [6, 6.07) is 7.28. The van der Waals surface area contributed by atoms with Gasteiger partial charge in [-0.25, -0.2) is 13.1 Å². The maximum Gasteiger partial charge on any atom is 0.215 e. The molecule has 0 spiro atoms. The third-order valence-corrected chi connectivity index (χ3v) is 4.67. The summed E-state index contributed by atoms with van der Waals surface area (Å²) in [5, 5.41) is 0. The van der Waals surface area contributed by atoms with Gasteiger partial charge >= 0.3 is 0 Å². The molecule has 1 heterocycles. The molecule has 0 unspecified atom stereocenters. The van der Waals surface area contributed by atoms with Crippen LogP contribution in [-0.4, -0.2) is 27.7 Å². The lowest BCUT2D eigenvalue weighted by molar-refractivity contribution is 0.114. The van der Waals surface area contributed by atoms with Crippen molar-refractivity contribution >= 4 is 26.0 Å². The predicted molar refractivity (Wildman–Crippen MR) is 73.7 cm³/mol. The van der Waals surface area contributed by atoms with E-state index in [1.165, 1.54) is 0 Å². The molecule has 0 aromatic heterocycles. The van der Waals surface area contributed by atoms with Crippen molar-refractivity contribution in [3.05, 3.63) is 34.3 Å². The summed E-state index contributed by atoms with van der Waals surface area (Å²) in [4.78, 5) is 0. The van der Waals surface area contributed by atoms with Crippen LogP contribution in [0.3, 0.4) is 0 Å². The number of halogens is 1. The number of hydrogen-bond acceptors (Lipinski definition) is 3. The highest BCUT2D eigenvalue weighted by atomic mass is 79.9. The fraction of sp³-hybridized carbons (Fsp3) is 0.500. The van der Waals surface area contributed by atoms with Crippen LogP contribution in [0, 0.1) is 0 Å². The molecule has 1 aromatic rings. The Kier molecular flexibility index (Phi) is 4.77. The van der Waals surface area contributed by atoms with Gasteiger partial charge in [-0.2, -0.15) is 0 Å². The van der Waals surface area contributed by atoms with Crippen LogP contribution in [0.2, 0.25) is 0 Å². The molecule has 0 radical (unpaired) electrons. The molecule has 18 heavy (non-hydrogen) atoms. The molecule has 1 N–H and O–H groups in total. The van der Waals surface area contributed by atoms with Crippen molar-refractivity contribution in [2.24, 2.45) is 0 Å². The van der Waals surface area contributed by atoms with Crippen LogP contribution in [0.1, 0.15) is 18.4 Å². The van der Waals surface area contributed by atoms with Gasteiger partial charge in [-0.1, -0.05) is 28.1 Å². The average molecular weight is 334 g/mol. The molecular formula is C12H16BrNO3S.